The van der Waals surface area contributed by atoms with Crippen LogP contribution in [0.5, 0.6) is 11.5 Å². The van der Waals surface area contributed by atoms with Gasteiger partial charge in [0.05, 0.1) is 25.3 Å². The summed E-state index contributed by atoms with van der Waals surface area (Å²) in [4.78, 5) is 6.13. The minimum Gasteiger partial charge on any atom is -0.489 e. The maximum atomic E-state index is 10.8. The van der Waals surface area contributed by atoms with Gasteiger partial charge in [0, 0.05) is 10.4 Å². The molecular weight excluding hydrogens is 496 g/mol. The Morgan fingerprint density at radius 1 is 0.882 bits per heavy atom. The highest BCUT2D eigenvalue weighted by Gasteiger charge is 2.18. The highest BCUT2D eigenvalue weighted by Crippen LogP contribution is 2.15. The summed E-state index contributed by atoms with van der Waals surface area (Å²) in [7, 11) is -9.56. The molecule has 0 aliphatic heterocycles. The maximum Gasteiger partial charge on any atom is 0.397 e. The predicted octanol–water partition coefficient (Wildman–Crippen LogP) is -0.0379. The first-order valence-corrected chi connectivity index (χ1v) is 11.5. The van der Waals surface area contributed by atoms with Gasteiger partial charge in [0.25, 0.3) is 11.4 Å². The van der Waals surface area contributed by atoms with Gasteiger partial charge < -0.3 is 9.47 Å². The van der Waals surface area contributed by atoms with Crippen LogP contribution in [-0.4, -0.2) is 51.4 Å². The van der Waals surface area contributed by atoms with Crippen molar-refractivity contribution >= 4 is 32.2 Å². The summed E-state index contributed by atoms with van der Waals surface area (Å²) in [6, 6.07) is 5.44. The first kappa shape index (κ1) is 28.3. The average Bonchev–Trinajstić information content (AvgIpc) is 2.74. The summed E-state index contributed by atoms with van der Waals surface area (Å²) in [6.07, 6.45) is -2.13. The van der Waals surface area contributed by atoms with E-state index in [0.717, 1.165) is 12.1 Å². The van der Waals surface area contributed by atoms with E-state index >= 15 is 0 Å². The molecule has 180 valence electrons. The molecule has 0 aromatic heterocycles. The number of ether oxygens (including phenoxy) is 2. The lowest BCUT2D eigenvalue weighted by Gasteiger charge is -2.18. The number of nitrogens with zero attached hydrogens (tertiary/aromatic N) is 4. The Morgan fingerprint density at radius 3 is 1.44 bits per heavy atom. The second kappa shape index (κ2) is 11.9. The van der Waals surface area contributed by atoms with Crippen molar-refractivity contribution in [1.82, 2.24) is 0 Å². The third-order valence-corrected chi connectivity index (χ3v) is 4.45. The zero-order valence-corrected chi connectivity index (χ0v) is 19.1. The quantitative estimate of drug-likeness (QED) is 0.313. The Morgan fingerprint density at radius 2 is 1.21 bits per heavy atom. The largest absolute Gasteiger partial charge is 0.489 e. The van der Waals surface area contributed by atoms with Crippen molar-refractivity contribution < 1.29 is 43.8 Å². The number of nitriles is 2. The van der Waals surface area contributed by atoms with E-state index in [0.29, 0.717) is 0 Å². The monoisotopic (exact) mass is 512 g/mol. The Hall–Kier alpha value is -3.74. The van der Waals surface area contributed by atoms with Crippen molar-refractivity contribution in [2.75, 3.05) is 13.2 Å². The zero-order chi connectivity index (χ0) is 26.1. The highest BCUT2D eigenvalue weighted by molar-refractivity contribution is 7.81. The van der Waals surface area contributed by atoms with Crippen LogP contribution in [0.1, 0.15) is 13.8 Å². The van der Waals surface area contributed by atoms with Gasteiger partial charge in [-0.2, -0.15) is 16.8 Å². The van der Waals surface area contributed by atoms with Crippen LogP contribution in [0.15, 0.2) is 12.1 Å². The predicted molar refractivity (Wildman–Crippen MR) is 112 cm³/mol. The Kier molecular flexibility index (Phi) is 9.93. The lowest BCUT2D eigenvalue weighted by Crippen LogP contribution is -2.28. The summed E-state index contributed by atoms with van der Waals surface area (Å²) >= 11 is 0. The Bertz CT molecular complexity index is 1300. The minimum absolute atomic E-state index is 0.167. The van der Waals surface area contributed by atoms with Crippen molar-refractivity contribution in [2.45, 2.75) is 26.1 Å². The van der Waals surface area contributed by atoms with E-state index in [1.807, 2.05) is 0 Å². The topological polar surface area (TPSA) is 202 Å². The molecule has 0 amide bonds. The standard InChI is InChI=1S/C18H16N4O10S2/c1-11(9-29-33(23,24)25)31-17-5-14(16(8-20)22-4)18(6-13(17)15(7-19)21-3)32-12(2)10-30-34(26,27)28/h5-6,11-12H,9-10H2,1-2H3,(H,23,24,25)(H,26,27,28)/b15-13-,16-14+. The number of rotatable bonds is 10. The minimum atomic E-state index is -4.78. The molecule has 0 spiro atoms. The molecule has 2 unspecified atom stereocenters. The number of benzene rings is 1. The summed E-state index contributed by atoms with van der Waals surface area (Å²) in [5.74, 6) is -0.445. The molecule has 0 aliphatic carbocycles. The summed E-state index contributed by atoms with van der Waals surface area (Å²) in [5, 5.41) is 18.3. The van der Waals surface area contributed by atoms with Gasteiger partial charge in [0.2, 0.25) is 0 Å². The van der Waals surface area contributed by atoms with Gasteiger partial charge >= 0.3 is 20.8 Å². The van der Waals surface area contributed by atoms with Crippen molar-refractivity contribution in [3.05, 3.63) is 45.4 Å². The molecule has 0 aliphatic rings. The number of hydrogen-bond acceptors (Lipinski definition) is 10. The molecule has 0 heterocycles. The maximum absolute atomic E-state index is 10.8. The van der Waals surface area contributed by atoms with Crippen LogP contribution in [0.3, 0.4) is 0 Å². The van der Waals surface area contributed by atoms with Crippen molar-refractivity contribution in [2.24, 2.45) is 0 Å². The van der Waals surface area contributed by atoms with E-state index in [1.54, 1.807) is 12.1 Å². The molecule has 2 atom stereocenters. The molecule has 1 rings (SSSR count). The second-order valence-electron chi connectivity index (χ2n) is 6.27. The second-order valence-corrected chi connectivity index (χ2v) is 8.45. The van der Waals surface area contributed by atoms with Gasteiger partial charge in [-0.1, -0.05) is 0 Å². The molecule has 16 heteroatoms. The van der Waals surface area contributed by atoms with Crippen LogP contribution >= 0.6 is 0 Å². The van der Waals surface area contributed by atoms with Gasteiger partial charge in [0.1, 0.15) is 36.9 Å². The molecule has 34 heavy (non-hydrogen) atoms. The van der Waals surface area contributed by atoms with Crippen molar-refractivity contribution in [1.29, 1.82) is 10.5 Å². The van der Waals surface area contributed by atoms with Gasteiger partial charge in [-0.25, -0.2) is 28.6 Å². The van der Waals surface area contributed by atoms with Crippen molar-refractivity contribution in [3.8, 4) is 23.6 Å². The van der Waals surface area contributed by atoms with Crippen LogP contribution in [-0.2, 0) is 29.2 Å². The van der Waals surface area contributed by atoms with Crippen LogP contribution in [0.2, 0.25) is 0 Å². The normalized spacial score (nSPS) is 14.8. The van der Waals surface area contributed by atoms with E-state index in [4.69, 9.17) is 31.7 Å². The lowest BCUT2D eigenvalue weighted by atomic mass is 10.1. The first-order chi connectivity index (χ1) is 15.7. The fraction of sp³-hybridized carbons (Fsp3) is 0.333. The summed E-state index contributed by atoms with van der Waals surface area (Å²) < 4.78 is 80.0. The van der Waals surface area contributed by atoms with Gasteiger partial charge in [-0.3, -0.25) is 9.11 Å². The molecule has 0 saturated heterocycles. The van der Waals surface area contributed by atoms with E-state index in [2.05, 4.69) is 18.1 Å². The fourth-order valence-corrected chi connectivity index (χ4v) is 3.01. The third-order valence-electron chi connectivity index (χ3n) is 3.59. The van der Waals surface area contributed by atoms with E-state index in [-0.39, 0.29) is 21.9 Å². The highest BCUT2D eigenvalue weighted by atomic mass is 32.3. The number of hydrogen-bond donors (Lipinski definition) is 2. The summed E-state index contributed by atoms with van der Waals surface area (Å²) in [5.41, 5.74) is -1.00. The summed E-state index contributed by atoms with van der Waals surface area (Å²) in [6.45, 7) is 15.8. The fourth-order valence-electron chi connectivity index (χ4n) is 2.28. The van der Waals surface area contributed by atoms with Gasteiger partial charge in [-0.05, 0) is 26.0 Å². The van der Waals surface area contributed by atoms with Gasteiger partial charge in [0.15, 0.2) is 0 Å². The molecule has 0 fully saturated rings. The van der Waals surface area contributed by atoms with Crippen LogP contribution < -0.4 is 19.9 Å². The van der Waals surface area contributed by atoms with E-state index < -0.39 is 57.6 Å². The third kappa shape index (κ3) is 9.02. The van der Waals surface area contributed by atoms with Gasteiger partial charge in [-0.15, -0.1) is 0 Å². The molecule has 1 aromatic rings. The molecule has 0 radical (unpaired) electrons. The Balaban J connectivity index is 3.71. The Labute approximate surface area is 195 Å². The average molecular weight is 512 g/mol. The lowest BCUT2D eigenvalue weighted by molar-refractivity contribution is 0.131. The van der Waals surface area contributed by atoms with Crippen LogP contribution in [0.4, 0.5) is 0 Å². The molecule has 2 N–H and O–H groups in total. The van der Waals surface area contributed by atoms with Crippen LogP contribution in [0.25, 0.3) is 21.1 Å². The zero-order valence-electron chi connectivity index (χ0n) is 17.5. The molecular formula is C18H16N4O10S2. The molecule has 14 nitrogen and oxygen atoms in total. The molecule has 0 bridgehead atoms. The molecule has 0 saturated carbocycles. The van der Waals surface area contributed by atoms with E-state index in [9.17, 15) is 27.4 Å². The van der Waals surface area contributed by atoms with Crippen LogP contribution in [0, 0.1) is 35.8 Å². The smallest absolute Gasteiger partial charge is 0.397 e. The first-order valence-electron chi connectivity index (χ1n) is 8.79. The SMILES string of the molecule is [C-]#[N+]/C(C#N)=c1/cc(OC(C)COS(=O)(=O)O)/c(=C(\C#N)[N+]#[C-])cc1OC(C)COS(=O)(=O)O. The van der Waals surface area contributed by atoms with E-state index in [1.165, 1.54) is 13.8 Å². The van der Waals surface area contributed by atoms with Crippen molar-refractivity contribution in [3.63, 3.8) is 0 Å². The molecule has 1 aromatic carbocycles.